The highest BCUT2D eigenvalue weighted by molar-refractivity contribution is 7.10. The number of ketones is 2. The maximum Gasteiger partial charge on any atom is 0.194 e. The summed E-state index contributed by atoms with van der Waals surface area (Å²) in [7, 11) is 0. The number of nitriles is 1. The van der Waals surface area contributed by atoms with Crippen molar-refractivity contribution in [2.45, 2.75) is 12.8 Å². The molecule has 6 heteroatoms. The van der Waals surface area contributed by atoms with Crippen LogP contribution in [-0.4, -0.2) is 21.5 Å². The van der Waals surface area contributed by atoms with Crippen LogP contribution in [0.25, 0.3) is 0 Å². The molecule has 1 unspecified atom stereocenters. The van der Waals surface area contributed by atoms with Crippen LogP contribution in [-0.2, 0) is 0 Å². The Labute approximate surface area is 142 Å². The van der Waals surface area contributed by atoms with E-state index in [4.69, 9.17) is 0 Å². The fourth-order valence-corrected chi connectivity index (χ4v) is 3.15. The van der Waals surface area contributed by atoms with Crippen LogP contribution in [0.1, 0.15) is 42.9 Å². The Hall–Kier alpha value is -3.04. The number of hydrogen-bond acceptors (Lipinski definition) is 5. The van der Waals surface area contributed by atoms with Gasteiger partial charge in [-0.15, -0.1) is 11.3 Å². The maximum atomic E-state index is 12.5. The van der Waals surface area contributed by atoms with Gasteiger partial charge in [0, 0.05) is 40.2 Å². The molecule has 2 aromatic heterocycles. The van der Waals surface area contributed by atoms with Crippen molar-refractivity contribution in [3.8, 4) is 6.07 Å². The van der Waals surface area contributed by atoms with Crippen molar-refractivity contribution in [1.82, 2.24) is 9.97 Å². The second-order valence-electron chi connectivity index (χ2n) is 5.26. The number of thiazole rings is 1. The molecule has 0 radical (unpaired) electrons. The molecule has 0 spiro atoms. The summed E-state index contributed by atoms with van der Waals surface area (Å²) in [6.45, 7) is 1.82. The van der Waals surface area contributed by atoms with Gasteiger partial charge in [-0.3, -0.25) is 9.59 Å². The van der Waals surface area contributed by atoms with Crippen LogP contribution in [0.4, 0.5) is 0 Å². The number of nitrogens with zero attached hydrogens (tertiary/aromatic N) is 2. The molecule has 0 aliphatic rings. The van der Waals surface area contributed by atoms with E-state index in [1.165, 1.54) is 11.3 Å². The molecule has 0 bridgehead atoms. The number of carbonyl (C=O) groups excluding carboxylic acids is 2. The Bertz CT molecular complexity index is 918. The highest BCUT2D eigenvalue weighted by atomic mass is 32.1. The van der Waals surface area contributed by atoms with E-state index in [2.05, 4.69) is 9.97 Å². The van der Waals surface area contributed by atoms with Crippen molar-refractivity contribution in [3.05, 3.63) is 75.5 Å². The second-order valence-corrected chi connectivity index (χ2v) is 6.15. The third-order valence-corrected chi connectivity index (χ3v) is 4.59. The fraction of sp³-hybridized carbons (Fsp3) is 0.111. The van der Waals surface area contributed by atoms with Gasteiger partial charge in [0.1, 0.15) is 5.01 Å². The smallest absolute Gasteiger partial charge is 0.194 e. The second kappa shape index (κ2) is 6.60. The highest BCUT2D eigenvalue weighted by Crippen LogP contribution is 2.24. The largest absolute Gasteiger partial charge is 0.367 e. The van der Waals surface area contributed by atoms with Crippen LogP contribution in [0, 0.1) is 18.3 Å². The summed E-state index contributed by atoms with van der Waals surface area (Å²) < 4.78 is 0. The van der Waals surface area contributed by atoms with Gasteiger partial charge >= 0.3 is 0 Å². The topological polar surface area (TPSA) is 86.6 Å². The quantitative estimate of drug-likeness (QED) is 0.723. The number of carbonyl (C=O) groups is 2. The van der Waals surface area contributed by atoms with Gasteiger partial charge in [-0.1, -0.05) is 24.3 Å². The molecule has 1 atom stereocenters. The number of Topliss-reactive ketones (excluding diaryl/α,β-unsaturated/α-hetero) is 1. The third kappa shape index (κ3) is 3.03. The lowest BCUT2D eigenvalue weighted by atomic mass is 9.97. The van der Waals surface area contributed by atoms with E-state index >= 15 is 0 Å². The lowest BCUT2D eigenvalue weighted by Gasteiger charge is -2.06. The van der Waals surface area contributed by atoms with E-state index < -0.39 is 5.92 Å². The normalized spacial score (nSPS) is 11.7. The minimum Gasteiger partial charge on any atom is -0.367 e. The molecule has 0 saturated heterocycles. The molecule has 5 nitrogen and oxygen atoms in total. The van der Waals surface area contributed by atoms with E-state index in [1.54, 1.807) is 42.7 Å². The first-order chi connectivity index (χ1) is 11.6. The Kier molecular flexibility index (Phi) is 4.36. The Balaban J connectivity index is 1.83. The third-order valence-electron chi connectivity index (χ3n) is 3.57. The average Bonchev–Trinajstić information content (AvgIpc) is 3.27. The van der Waals surface area contributed by atoms with Crippen LogP contribution in [0.2, 0.25) is 0 Å². The van der Waals surface area contributed by atoms with Crippen LogP contribution >= 0.6 is 11.3 Å². The Morgan fingerprint density at radius 3 is 2.42 bits per heavy atom. The molecule has 3 rings (SSSR count). The molecule has 0 aliphatic carbocycles. The highest BCUT2D eigenvalue weighted by Gasteiger charge is 2.24. The molecular weight excluding hydrogens is 322 g/mol. The van der Waals surface area contributed by atoms with Crippen molar-refractivity contribution in [3.63, 3.8) is 0 Å². The maximum absolute atomic E-state index is 12.5. The Morgan fingerprint density at radius 1 is 1.17 bits per heavy atom. The van der Waals surface area contributed by atoms with Gasteiger partial charge in [0.25, 0.3) is 0 Å². The molecule has 1 N–H and O–H groups in total. The molecule has 24 heavy (non-hydrogen) atoms. The van der Waals surface area contributed by atoms with Gasteiger partial charge in [-0.25, -0.2) is 4.98 Å². The summed E-state index contributed by atoms with van der Waals surface area (Å²) in [5, 5.41) is 11.6. The molecule has 0 fully saturated rings. The number of aromatic amines is 1. The van der Waals surface area contributed by atoms with Gasteiger partial charge in [0.2, 0.25) is 0 Å². The zero-order valence-electron chi connectivity index (χ0n) is 12.8. The molecule has 3 aromatic rings. The molecule has 0 amide bonds. The molecule has 118 valence electrons. The molecular formula is C18H13N3O2S. The molecule has 1 aromatic carbocycles. The summed E-state index contributed by atoms with van der Waals surface area (Å²) in [6, 6.07) is 10.1. The van der Waals surface area contributed by atoms with Gasteiger partial charge in [-0.2, -0.15) is 5.26 Å². The number of hydrogen-bond donors (Lipinski definition) is 1. The predicted molar refractivity (Wildman–Crippen MR) is 90.2 cm³/mol. The first-order valence-electron chi connectivity index (χ1n) is 7.23. The number of H-pyrrole nitrogens is 1. The minimum atomic E-state index is -0.921. The van der Waals surface area contributed by atoms with Crippen LogP contribution in [0.5, 0.6) is 0 Å². The minimum absolute atomic E-state index is 0.123. The van der Waals surface area contributed by atoms with Crippen LogP contribution in [0.3, 0.4) is 0 Å². The lowest BCUT2D eigenvalue weighted by Crippen LogP contribution is -2.11. The molecule has 0 saturated carbocycles. The average molecular weight is 335 g/mol. The van der Waals surface area contributed by atoms with Gasteiger partial charge in [0.05, 0.1) is 6.07 Å². The van der Waals surface area contributed by atoms with Crippen LogP contribution < -0.4 is 0 Å². The standard InChI is InChI=1S/C18H13N3O2S/c1-11-10-24-18(21-11)15(8-19)17(23)13-4-2-12(3-5-13)16(22)14-6-7-20-9-14/h2-7,9-10,15,20H,1H3. The molecule has 2 heterocycles. The fourth-order valence-electron chi connectivity index (χ4n) is 2.32. The first kappa shape index (κ1) is 15.8. The van der Waals surface area contributed by atoms with Gasteiger partial charge in [0.15, 0.2) is 17.5 Å². The van der Waals surface area contributed by atoms with E-state index in [0.717, 1.165) is 5.69 Å². The molecule has 0 aliphatic heterocycles. The van der Waals surface area contributed by atoms with Crippen LogP contribution in [0.15, 0.2) is 48.1 Å². The first-order valence-corrected chi connectivity index (χ1v) is 8.11. The van der Waals surface area contributed by atoms with Crippen molar-refractivity contribution in [2.24, 2.45) is 0 Å². The number of aryl methyl sites for hydroxylation is 1. The SMILES string of the molecule is Cc1csc(C(C#N)C(=O)c2ccc(C(=O)c3cc[nH]c3)cc2)n1. The van der Waals surface area contributed by atoms with Crippen molar-refractivity contribution >= 4 is 22.9 Å². The van der Waals surface area contributed by atoms with Crippen molar-refractivity contribution < 1.29 is 9.59 Å². The van der Waals surface area contributed by atoms with E-state index in [1.807, 2.05) is 18.4 Å². The summed E-state index contributed by atoms with van der Waals surface area (Å²) in [5.74, 6) is -1.36. The van der Waals surface area contributed by atoms with Crippen molar-refractivity contribution in [2.75, 3.05) is 0 Å². The van der Waals surface area contributed by atoms with Gasteiger partial charge in [-0.05, 0) is 13.0 Å². The zero-order valence-corrected chi connectivity index (χ0v) is 13.6. The number of benzene rings is 1. The number of rotatable bonds is 5. The summed E-state index contributed by atoms with van der Waals surface area (Å²) in [4.78, 5) is 31.8. The number of nitrogens with one attached hydrogen (secondary N) is 1. The van der Waals surface area contributed by atoms with Crippen molar-refractivity contribution in [1.29, 1.82) is 5.26 Å². The van der Waals surface area contributed by atoms with E-state index in [-0.39, 0.29) is 11.6 Å². The Morgan fingerprint density at radius 2 is 1.88 bits per heavy atom. The number of aromatic nitrogens is 2. The predicted octanol–water partition coefficient (Wildman–Crippen LogP) is 3.50. The zero-order chi connectivity index (χ0) is 17.1. The summed E-state index contributed by atoms with van der Waals surface area (Å²) in [6.07, 6.45) is 3.30. The monoisotopic (exact) mass is 335 g/mol. The van der Waals surface area contributed by atoms with E-state index in [0.29, 0.717) is 21.7 Å². The summed E-state index contributed by atoms with van der Waals surface area (Å²) in [5.41, 5.74) is 2.22. The van der Waals surface area contributed by atoms with Gasteiger partial charge < -0.3 is 4.98 Å². The van der Waals surface area contributed by atoms with E-state index in [9.17, 15) is 14.9 Å². The summed E-state index contributed by atoms with van der Waals surface area (Å²) >= 11 is 1.30. The lowest BCUT2D eigenvalue weighted by molar-refractivity contribution is 0.0976.